The van der Waals surface area contributed by atoms with Crippen LogP contribution in [0.4, 0.5) is 0 Å². The van der Waals surface area contributed by atoms with Crippen LogP contribution < -0.4 is 9.47 Å². The molecule has 0 saturated carbocycles. The molecule has 0 spiro atoms. The lowest BCUT2D eigenvalue weighted by molar-refractivity contribution is 0.0732. The van der Waals surface area contributed by atoms with Gasteiger partial charge in [0.25, 0.3) is 0 Å². The summed E-state index contributed by atoms with van der Waals surface area (Å²) in [5.74, 6) is 1.28. The molecule has 0 aliphatic rings. The third kappa shape index (κ3) is 3.74. The molecule has 0 unspecified atom stereocenters. The predicted octanol–water partition coefficient (Wildman–Crippen LogP) is 7.05. The lowest BCUT2D eigenvalue weighted by Crippen LogP contribution is -2.12. The predicted molar refractivity (Wildman–Crippen MR) is 128 cm³/mol. The number of carbonyl (C=O) groups is 1. The minimum atomic E-state index is -0.332. The van der Waals surface area contributed by atoms with Gasteiger partial charge in [-0.2, -0.15) is 0 Å². The quantitative estimate of drug-likeness (QED) is 0.338. The molecule has 3 aromatic rings. The lowest BCUT2D eigenvalue weighted by atomic mass is 9.82. The van der Waals surface area contributed by atoms with Crippen LogP contribution in [0.5, 0.6) is 11.5 Å². The minimum absolute atomic E-state index is 0.332. The monoisotopic (exact) mass is 416 g/mol. The number of carbonyl (C=O) groups excluding carboxylic acids is 1. The minimum Gasteiger partial charge on any atom is -0.496 e. The summed E-state index contributed by atoms with van der Waals surface area (Å²) in [5.41, 5.74) is 12.0. The van der Waals surface area contributed by atoms with Crippen LogP contribution in [0, 0.1) is 55.4 Å². The maximum atomic E-state index is 12.7. The van der Waals surface area contributed by atoms with E-state index in [0.717, 1.165) is 39.1 Å². The molecular weight excluding hydrogens is 384 g/mol. The summed E-state index contributed by atoms with van der Waals surface area (Å²) in [6.45, 7) is 16.9. The van der Waals surface area contributed by atoms with E-state index in [1.54, 1.807) is 19.2 Å². The zero-order valence-corrected chi connectivity index (χ0v) is 20.1. The van der Waals surface area contributed by atoms with Crippen LogP contribution in [0.3, 0.4) is 0 Å². The van der Waals surface area contributed by atoms with Crippen LogP contribution in [0.25, 0.3) is 11.1 Å². The maximum absolute atomic E-state index is 12.7. The third-order valence-electron chi connectivity index (χ3n) is 6.77. The van der Waals surface area contributed by atoms with Crippen molar-refractivity contribution in [2.24, 2.45) is 0 Å². The smallest absolute Gasteiger partial charge is 0.343 e. The Labute approximate surface area is 186 Å². The highest BCUT2D eigenvalue weighted by Crippen LogP contribution is 2.44. The van der Waals surface area contributed by atoms with E-state index in [4.69, 9.17) is 9.47 Å². The highest BCUT2D eigenvalue weighted by molar-refractivity contribution is 5.92. The first-order chi connectivity index (χ1) is 14.6. The van der Waals surface area contributed by atoms with Gasteiger partial charge in [0.1, 0.15) is 11.5 Å². The molecule has 0 amide bonds. The third-order valence-corrected chi connectivity index (χ3v) is 6.77. The van der Waals surface area contributed by atoms with Gasteiger partial charge in [-0.15, -0.1) is 0 Å². The summed E-state index contributed by atoms with van der Waals surface area (Å²) in [6.07, 6.45) is 0. The number of esters is 1. The molecule has 0 fully saturated rings. The van der Waals surface area contributed by atoms with Crippen molar-refractivity contribution in [3.63, 3.8) is 0 Å². The molecule has 0 aliphatic carbocycles. The topological polar surface area (TPSA) is 35.5 Å². The standard InChI is InChI=1S/C28H32O3/c1-15-19(5)26(30-9)20(6)16(2)24(15)25-17(3)21(7)27(22(8)18(25)4)31-28(29)23-13-11-10-12-14-23/h10-14H,1-9H3. The molecule has 0 aliphatic heterocycles. The van der Waals surface area contributed by atoms with Crippen molar-refractivity contribution >= 4 is 5.97 Å². The van der Waals surface area contributed by atoms with E-state index in [0.29, 0.717) is 11.3 Å². The SMILES string of the molecule is COc1c(C)c(C)c(-c2c(C)c(C)c(OC(=O)c3ccccc3)c(C)c2C)c(C)c1C. The molecule has 0 heterocycles. The Balaban J connectivity index is 2.22. The van der Waals surface area contributed by atoms with Crippen molar-refractivity contribution in [3.8, 4) is 22.6 Å². The van der Waals surface area contributed by atoms with Crippen molar-refractivity contribution in [2.45, 2.75) is 55.4 Å². The van der Waals surface area contributed by atoms with E-state index in [1.165, 1.54) is 22.3 Å². The number of rotatable bonds is 4. The van der Waals surface area contributed by atoms with E-state index in [2.05, 4.69) is 41.5 Å². The van der Waals surface area contributed by atoms with E-state index in [-0.39, 0.29) is 5.97 Å². The van der Waals surface area contributed by atoms with Crippen molar-refractivity contribution in [3.05, 3.63) is 80.4 Å². The Bertz CT molecular complexity index is 1110. The van der Waals surface area contributed by atoms with Gasteiger partial charge in [0.15, 0.2) is 0 Å². The van der Waals surface area contributed by atoms with Crippen LogP contribution >= 0.6 is 0 Å². The lowest BCUT2D eigenvalue weighted by Gasteiger charge is -2.25. The molecule has 3 heteroatoms. The number of hydrogen-bond donors (Lipinski definition) is 0. The average Bonchev–Trinajstić information content (AvgIpc) is 2.77. The second-order valence-corrected chi connectivity index (χ2v) is 8.37. The number of hydrogen-bond acceptors (Lipinski definition) is 3. The Morgan fingerprint density at radius 2 is 0.968 bits per heavy atom. The largest absolute Gasteiger partial charge is 0.496 e. The van der Waals surface area contributed by atoms with Gasteiger partial charge in [-0.25, -0.2) is 4.79 Å². The fraction of sp³-hybridized carbons (Fsp3) is 0.321. The first kappa shape index (κ1) is 22.6. The van der Waals surface area contributed by atoms with E-state index in [9.17, 15) is 4.79 Å². The molecule has 3 nitrogen and oxygen atoms in total. The fourth-order valence-corrected chi connectivity index (χ4v) is 4.49. The van der Waals surface area contributed by atoms with Crippen molar-refractivity contribution in [1.82, 2.24) is 0 Å². The van der Waals surface area contributed by atoms with E-state index < -0.39 is 0 Å². The van der Waals surface area contributed by atoms with Gasteiger partial charge in [0, 0.05) is 0 Å². The van der Waals surface area contributed by atoms with Gasteiger partial charge in [-0.1, -0.05) is 18.2 Å². The van der Waals surface area contributed by atoms with Gasteiger partial charge in [0.05, 0.1) is 12.7 Å². The Morgan fingerprint density at radius 1 is 0.581 bits per heavy atom. The second-order valence-electron chi connectivity index (χ2n) is 8.37. The summed E-state index contributed by atoms with van der Waals surface area (Å²) >= 11 is 0. The molecule has 162 valence electrons. The zero-order chi connectivity index (χ0) is 23.0. The van der Waals surface area contributed by atoms with Gasteiger partial charge < -0.3 is 9.47 Å². The van der Waals surface area contributed by atoms with Crippen LogP contribution in [0.2, 0.25) is 0 Å². The summed E-state index contributed by atoms with van der Waals surface area (Å²) in [6, 6.07) is 9.12. The summed E-state index contributed by atoms with van der Waals surface area (Å²) < 4.78 is 11.6. The summed E-state index contributed by atoms with van der Waals surface area (Å²) in [5, 5.41) is 0. The zero-order valence-electron chi connectivity index (χ0n) is 20.1. The fourth-order valence-electron chi connectivity index (χ4n) is 4.49. The highest BCUT2D eigenvalue weighted by atomic mass is 16.5. The highest BCUT2D eigenvalue weighted by Gasteiger charge is 2.24. The molecule has 3 aromatic carbocycles. The molecule has 0 radical (unpaired) electrons. The summed E-state index contributed by atoms with van der Waals surface area (Å²) in [4.78, 5) is 12.7. The molecule has 0 saturated heterocycles. The molecule has 31 heavy (non-hydrogen) atoms. The van der Waals surface area contributed by atoms with Crippen molar-refractivity contribution in [2.75, 3.05) is 7.11 Å². The van der Waals surface area contributed by atoms with Gasteiger partial charge in [-0.3, -0.25) is 0 Å². The van der Waals surface area contributed by atoms with Crippen molar-refractivity contribution < 1.29 is 14.3 Å². The number of methoxy groups -OCH3 is 1. The molecule has 0 N–H and O–H groups in total. The molecule has 0 aromatic heterocycles. The Morgan fingerprint density at radius 3 is 1.35 bits per heavy atom. The first-order valence-electron chi connectivity index (χ1n) is 10.6. The Kier molecular flexibility index (Phi) is 6.26. The maximum Gasteiger partial charge on any atom is 0.343 e. The molecule has 3 rings (SSSR count). The molecular formula is C28H32O3. The van der Waals surface area contributed by atoms with E-state index in [1.807, 2.05) is 32.0 Å². The average molecular weight is 417 g/mol. The number of ether oxygens (including phenoxy) is 2. The van der Waals surface area contributed by atoms with Crippen LogP contribution in [0.15, 0.2) is 30.3 Å². The first-order valence-corrected chi connectivity index (χ1v) is 10.6. The normalized spacial score (nSPS) is 10.9. The van der Waals surface area contributed by atoms with Crippen LogP contribution in [-0.4, -0.2) is 13.1 Å². The van der Waals surface area contributed by atoms with Crippen LogP contribution in [0.1, 0.15) is 54.9 Å². The molecule has 0 atom stereocenters. The molecule has 0 bridgehead atoms. The van der Waals surface area contributed by atoms with Gasteiger partial charge in [0.2, 0.25) is 0 Å². The van der Waals surface area contributed by atoms with Crippen molar-refractivity contribution in [1.29, 1.82) is 0 Å². The van der Waals surface area contributed by atoms with Crippen LogP contribution in [-0.2, 0) is 0 Å². The summed E-state index contributed by atoms with van der Waals surface area (Å²) in [7, 11) is 1.73. The second kappa shape index (κ2) is 8.58. The number of benzene rings is 3. The van der Waals surface area contributed by atoms with E-state index >= 15 is 0 Å². The van der Waals surface area contributed by atoms with Gasteiger partial charge >= 0.3 is 5.97 Å². The Hall–Kier alpha value is -3.07. The van der Waals surface area contributed by atoms with Gasteiger partial charge in [-0.05, 0) is 123 Å².